The molecule has 17 heavy (non-hydrogen) atoms. The molecule has 0 radical (unpaired) electrons. The number of likely N-dealkylation sites (N-methyl/N-ethyl adjacent to an activating group) is 1. The third-order valence-corrected chi connectivity index (χ3v) is 2.57. The van der Waals surface area contributed by atoms with Gasteiger partial charge in [-0.15, -0.1) is 0 Å². The van der Waals surface area contributed by atoms with Crippen LogP contribution in [0, 0.1) is 0 Å². The van der Waals surface area contributed by atoms with E-state index in [2.05, 4.69) is 9.88 Å². The molecule has 1 rings (SSSR count). The molecule has 0 fully saturated rings. The quantitative estimate of drug-likeness (QED) is 0.747. The van der Waals surface area contributed by atoms with Gasteiger partial charge in [0.2, 0.25) is 5.91 Å². The maximum absolute atomic E-state index is 11.8. The van der Waals surface area contributed by atoms with Crippen molar-refractivity contribution in [1.29, 1.82) is 0 Å². The first-order chi connectivity index (χ1) is 8.13. The highest BCUT2D eigenvalue weighted by Crippen LogP contribution is 2.04. The van der Waals surface area contributed by atoms with Crippen LogP contribution in [0.5, 0.6) is 0 Å². The van der Waals surface area contributed by atoms with Crippen molar-refractivity contribution in [3.8, 4) is 0 Å². The standard InChI is InChI=1S/C13H21N3O/c1-4-13(17)16(9-8-15(2)3)11-12-6-5-7-14-10-12/h5-7,10H,4,8-9,11H2,1-3H3. The van der Waals surface area contributed by atoms with E-state index >= 15 is 0 Å². The molecule has 1 aromatic heterocycles. The summed E-state index contributed by atoms with van der Waals surface area (Å²) in [5.74, 6) is 0.190. The normalized spacial score (nSPS) is 10.6. The van der Waals surface area contributed by atoms with Crippen LogP contribution in [0.25, 0.3) is 0 Å². The highest BCUT2D eigenvalue weighted by atomic mass is 16.2. The summed E-state index contributed by atoms with van der Waals surface area (Å²) in [6.45, 7) is 4.18. The molecule has 4 heteroatoms. The molecule has 0 aliphatic carbocycles. The van der Waals surface area contributed by atoms with Crippen molar-refractivity contribution in [3.05, 3.63) is 30.1 Å². The molecular weight excluding hydrogens is 214 g/mol. The van der Waals surface area contributed by atoms with Crippen LogP contribution in [0.3, 0.4) is 0 Å². The van der Waals surface area contributed by atoms with Gasteiger partial charge in [0, 0.05) is 38.4 Å². The molecule has 0 bridgehead atoms. The van der Waals surface area contributed by atoms with E-state index in [0.717, 1.165) is 18.7 Å². The molecule has 0 unspecified atom stereocenters. The Kier molecular flexibility index (Phi) is 5.63. The topological polar surface area (TPSA) is 36.4 Å². The zero-order valence-corrected chi connectivity index (χ0v) is 10.9. The molecule has 1 amide bonds. The number of aromatic nitrogens is 1. The lowest BCUT2D eigenvalue weighted by molar-refractivity contribution is -0.131. The van der Waals surface area contributed by atoms with E-state index in [4.69, 9.17) is 0 Å². The SMILES string of the molecule is CCC(=O)N(CCN(C)C)Cc1cccnc1. The van der Waals surface area contributed by atoms with Crippen molar-refractivity contribution in [1.82, 2.24) is 14.8 Å². The van der Waals surface area contributed by atoms with Gasteiger partial charge in [0.05, 0.1) is 0 Å². The first kappa shape index (κ1) is 13.6. The Morgan fingerprint density at radius 2 is 2.12 bits per heavy atom. The summed E-state index contributed by atoms with van der Waals surface area (Å²) in [7, 11) is 4.03. The summed E-state index contributed by atoms with van der Waals surface area (Å²) in [5, 5.41) is 0. The van der Waals surface area contributed by atoms with Crippen molar-refractivity contribution in [2.45, 2.75) is 19.9 Å². The third-order valence-electron chi connectivity index (χ3n) is 2.57. The fourth-order valence-electron chi connectivity index (χ4n) is 1.55. The van der Waals surface area contributed by atoms with Gasteiger partial charge < -0.3 is 9.80 Å². The summed E-state index contributed by atoms with van der Waals surface area (Å²) >= 11 is 0. The van der Waals surface area contributed by atoms with E-state index in [-0.39, 0.29) is 5.91 Å². The van der Waals surface area contributed by atoms with Crippen LogP contribution < -0.4 is 0 Å². The highest BCUT2D eigenvalue weighted by Gasteiger charge is 2.11. The van der Waals surface area contributed by atoms with Gasteiger partial charge in [0.25, 0.3) is 0 Å². The molecule has 0 aliphatic heterocycles. The van der Waals surface area contributed by atoms with E-state index < -0.39 is 0 Å². The molecular formula is C13H21N3O. The Bertz CT molecular complexity index is 338. The monoisotopic (exact) mass is 235 g/mol. The number of carbonyl (C=O) groups excluding carboxylic acids is 1. The molecule has 94 valence electrons. The van der Waals surface area contributed by atoms with Crippen LogP contribution in [0.15, 0.2) is 24.5 Å². The zero-order chi connectivity index (χ0) is 12.7. The first-order valence-electron chi connectivity index (χ1n) is 5.95. The minimum absolute atomic E-state index is 0.190. The van der Waals surface area contributed by atoms with Gasteiger partial charge in [-0.2, -0.15) is 0 Å². The Balaban J connectivity index is 2.60. The van der Waals surface area contributed by atoms with Gasteiger partial charge in [0.15, 0.2) is 0 Å². The van der Waals surface area contributed by atoms with Crippen LogP contribution in [0.2, 0.25) is 0 Å². The number of carbonyl (C=O) groups is 1. The predicted octanol–water partition coefficient (Wildman–Crippen LogP) is 1.38. The number of hydrogen-bond acceptors (Lipinski definition) is 3. The molecule has 0 spiro atoms. The number of rotatable bonds is 6. The maximum atomic E-state index is 11.8. The van der Waals surface area contributed by atoms with Gasteiger partial charge in [0.1, 0.15) is 0 Å². The average Bonchev–Trinajstić information content (AvgIpc) is 2.34. The molecule has 1 heterocycles. The second-order valence-corrected chi connectivity index (χ2v) is 4.33. The van der Waals surface area contributed by atoms with Gasteiger partial charge in [-0.3, -0.25) is 9.78 Å². The summed E-state index contributed by atoms with van der Waals surface area (Å²) < 4.78 is 0. The van der Waals surface area contributed by atoms with E-state index in [1.807, 2.05) is 44.2 Å². The third kappa shape index (κ3) is 4.95. The molecule has 0 saturated carbocycles. The van der Waals surface area contributed by atoms with Gasteiger partial charge in [-0.1, -0.05) is 13.0 Å². The Hall–Kier alpha value is -1.42. The summed E-state index contributed by atoms with van der Waals surface area (Å²) in [6, 6.07) is 3.90. The molecule has 1 aromatic rings. The van der Waals surface area contributed by atoms with E-state index in [1.165, 1.54) is 0 Å². The summed E-state index contributed by atoms with van der Waals surface area (Å²) in [4.78, 5) is 19.9. The number of nitrogens with zero attached hydrogens (tertiary/aromatic N) is 3. The van der Waals surface area contributed by atoms with E-state index in [0.29, 0.717) is 13.0 Å². The maximum Gasteiger partial charge on any atom is 0.222 e. The summed E-state index contributed by atoms with van der Waals surface area (Å²) in [6.07, 6.45) is 4.11. The van der Waals surface area contributed by atoms with Crippen LogP contribution in [0.1, 0.15) is 18.9 Å². The first-order valence-corrected chi connectivity index (χ1v) is 5.95. The van der Waals surface area contributed by atoms with Crippen LogP contribution in [-0.2, 0) is 11.3 Å². The van der Waals surface area contributed by atoms with Crippen molar-refractivity contribution in [2.75, 3.05) is 27.2 Å². The van der Waals surface area contributed by atoms with Gasteiger partial charge in [-0.05, 0) is 25.7 Å². The fourth-order valence-corrected chi connectivity index (χ4v) is 1.55. The summed E-state index contributed by atoms with van der Waals surface area (Å²) in [5.41, 5.74) is 1.08. The van der Waals surface area contributed by atoms with Crippen molar-refractivity contribution < 1.29 is 4.79 Å². The largest absolute Gasteiger partial charge is 0.337 e. The molecule has 0 aromatic carbocycles. The molecule has 0 atom stereocenters. The van der Waals surface area contributed by atoms with Gasteiger partial charge in [-0.25, -0.2) is 0 Å². The molecule has 0 aliphatic rings. The second-order valence-electron chi connectivity index (χ2n) is 4.33. The van der Waals surface area contributed by atoms with E-state index in [1.54, 1.807) is 6.20 Å². The lowest BCUT2D eigenvalue weighted by Crippen LogP contribution is -2.35. The number of pyridine rings is 1. The smallest absolute Gasteiger partial charge is 0.222 e. The molecule has 0 saturated heterocycles. The van der Waals surface area contributed by atoms with Crippen LogP contribution in [0.4, 0.5) is 0 Å². The zero-order valence-electron chi connectivity index (χ0n) is 10.9. The molecule has 0 N–H and O–H groups in total. The fraction of sp³-hybridized carbons (Fsp3) is 0.538. The van der Waals surface area contributed by atoms with Crippen molar-refractivity contribution >= 4 is 5.91 Å². The Morgan fingerprint density at radius 1 is 1.35 bits per heavy atom. The van der Waals surface area contributed by atoms with E-state index in [9.17, 15) is 4.79 Å². The minimum atomic E-state index is 0.190. The minimum Gasteiger partial charge on any atom is -0.337 e. The van der Waals surface area contributed by atoms with Crippen molar-refractivity contribution in [3.63, 3.8) is 0 Å². The Morgan fingerprint density at radius 3 is 2.65 bits per heavy atom. The number of amides is 1. The lowest BCUT2D eigenvalue weighted by Gasteiger charge is -2.24. The van der Waals surface area contributed by atoms with Crippen LogP contribution >= 0.6 is 0 Å². The lowest BCUT2D eigenvalue weighted by atomic mass is 10.2. The average molecular weight is 235 g/mol. The highest BCUT2D eigenvalue weighted by molar-refractivity contribution is 5.75. The van der Waals surface area contributed by atoms with Crippen LogP contribution in [-0.4, -0.2) is 47.9 Å². The Labute approximate surface area is 103 Å². The predicted molar refractivity (Wildman–Crippen MR) is 68.5 cm³/mol. The number of hydrogen-bond donors (Lipinski definition) is 0. The van der Waals surface area contributed by atoms with Crippen molar-refractivity contribution in [2.24, 2.45) is 0 Å². The second kappa shape index (κ2) is 7.01. The molecule has 4 nitrogen and oxygen atoms in total. The van der Waals surface area contributed by atoms with Gasteiger partial charge >= 0.3 is 0 Å².